The first kappa shape index (κ1) is 14.6. The van der Waals surface area contributed by atoms with Gasteiger partial charge in [0.15, 0.2) is 6.04 Å². The molecular weight excluding hydrogens is 284 g/mol. The Morgan fingerprint density at radius 3 is 2.91 bits per heavy atom. The van der Waals surface area contributed by atoms with Crippen LogP contribution in [0.15, 0.2) is 36.5 Å². The second-order valence-electron chi connectivity index (χ2n) is 5.33. The highest BCUT2D eigenvalue weighted by molar-refractivity contribution is 5.84. The second-order valence-corrected chi connectivity index (χ2v) is 5.33. The minimum Gasteiger partial charge on any atom is -0.480 e. The number of amides is 1. The normalized spacial score (nSPS) is 18.5. The Kier molecular flexibility index (Phi) is 4.11. The number of aryl methyl sites for hydroxylation is 1. The van der Waals surface area contributed by atoms with Crippen molar-refractivity contribution in [2.75, 3.05) is 19.8 Å². The fraction of sp³-hybridized carbons (Fsp3) is 0.375. The molecule has 1 atom stereocenters. The number of rotatable bonds is 4. The summed E-state index contributed by atoms with van der Waals surface area (Å²) in [6, 6.07) is 9.11. The summed E-state index contributed by atoms with van der Waals surface area (Å²) in [6.45, 7) is 1.33. The van der Waals surface area contributed by atoms with E-state index in [1.165, 1.54) is 4.90 Å². The number of ether oxygens (including phenoxy) is 1. The molecule has 6 heteroatoms. The number of nitrogens with zero attached hydrogens (tertiary/aromatic N) is 2. The number of para-hydroxylation sites is 1. The molecule has 22 heavy (non-hydrogen) atoms. The van der Waals surface area contributed by atoms with Crippen LogP contribution in [0.5, 0.6) is 0 Å². The second kappa shape index (κ2) is 6.19. The van der Waals surface area contributed by atoms with Crippen LogP contribution < -0.4 is 0 Å². The topological polar surface area (TPSA) is 71.8 Å². The first-order valence-corrected chi connectivity index (χ1v) is 7.31. The quantitative estimate of drug-likeness (QED) is 0.925. The van der Waals surface area contributed by atoms with Crippen LogP contribution in [0.25, 0.3) is 10.9 Å². The fourth-order valence-corrected chi connectivity index (χ4v) is 2.80. The summed E-state index contributed by atoms with van der Waals surface area (Å²) in [5, 5.41) is 10.3. The van der Waals surface area contributed by atoms with E-state index >= 15 is 0 Å². The van der Waals surface area contributed by atoms with Gasteiger partial charge in [0, 0.05) is 31.2 Å². The van der Waals surface area contributed by atoms with Gasteiger partial charge in [-0.25, -0.2) is 4.79 Å². The van der Waals surface area contributed by atoms with E-state index in [4.69, 9.17) is 4.74 Å². The van der Waals surface area contributed by atoms with Crippen molar-refractivity contribution in [1.29, 1.82) is 0 Å². The lowest BCUT2D eigenvalue weighted by Crippen LogP contribution is -2.52. The molecule has 2 aromatic rings. The van der Waals surface area contributed by atoms with E-state index in [1.807, 2.05) is 41.1 Å². The lowest BCUT2D eigenvalue weighted by Gasteiger charge is -2.33. The van der Waals surface area contributed by atoms with Gasteiger partial charge in [-0.1, -0.05) is 18.2 Å². The zero-order valence-corrected chi connectivity index (χ0v) is 12.1. The summed E-state index contributed by atoms with van der Waals surface area (Å²) in [6.07, 6.45) is 2.23. The third-order valence-corrected chi connectivity index (χ3v) is 3.98. The van der Waals surface area contributed by atoms with Gasteiger partial charge < -0.3 is 19.3 Å². The van der Waals surface area contributed by atoms with Crippen molar-refractivity contribution in [2.24, 2.45) is 0 Å². The molecule has 3 rings (SSSR count). The maximum absolute atomic E-state index is 12.3. The molecule has 1 fully saturated rings. The minimum atomic E-state index is -1.01. The number of aromatic nitrogens is 1. The largest absolute Gasteiger partial charge is 0.480 e. The van der Waals surface area contributed by atoms with Crippen molar-refractivity contribution >= 4 is 22.8 Å². The average Bonchev–Trinajstić information content (AvgIpc) is 2.96. The molecule has 0 bridgehead atoms. The monoisotopic (exact) mass is 302 g/mol. The van der Waals surface area contributed by atoms with Gasteiger partial charge in [-0.2, -0.15) is 0 Å². The van der Waals surface area contributed by atoms with Crippen molar-refractivity contribution in [3.8, 4) is 0 Å². The zero-order chi connectivity index (χ0) is 15.5. The van der Waals surface area contributed by atoms with Crippen molar-refractivity contribution in [1.82, 2.24) is 9.47 Å². The van der Waals surface area contributed by atoms with Crippen LogP contribution in [-0.2, 0) is 20.9 Å². The van der Waals surface area contributed by atoms with Gasteiger partial charge in [0.1, 0.15) is 0 Å². The van der Waals surface area contributed by atoms with Gasteiger partial charge in [-0.15, -0.1) is 0 Å². The highest BCUT2D eigenvalue weighted by atomic mass is 16.5. The number of carbonyl (C=O) groups excluding carboxylic acids is 1. The van der Waals surface area contributed by atoms with Crippen LogP contribution in [0, 0.1) is 0 Å². The van der Waals surface area contributed by atoms with E-state index in [0.717, 1.165) is 10.9 Å². The van der Waals surface area contributed by atoms with Crippen LogP contribution in [-0.4, -0.2) is 52.3 Å². The maximum Gasteiger partial charge on any atom is 0.328 e. The molecule has 1 aromatic heterocycles. The summed E-state index contributed by atoms with van der Waals surface area (Å²) in [5.41, 5.74) is 1.08. The summed E-state index contributed by atoms with van der Waals surface area (Å²) in [4.78, 5) is 25.0. The summed E-state index contributed by atoms with van der Waals surface area (Å²) in [7, 11) is 0. The number of aliphatic carboxylic acids is 1. The molecule has 1 unspecified atom stereocenters. The highest BCUT2D eigenvalue weighted by Gasteiger charge is 2.32. The Hall–Kier alpha value is -2.34. The molecule has 1 N–H and O–H groups in total. The Morgan fingerprint density at radius 2 is 2.09 bits per heavy atom. The van der Waals surface area contributed by atoms with E-state index in [9.17, 15) is 14.7 Å². The van der Waals surface area contributed by atoms with Gasteiger partial charge in [0.2, 0.25) is 5.91 Å². The van der Waals surface area contributed by atoms with E-state index in [0.29, 0.717) is 19.7 Å². The predicted molar refractivity (Wildman–Crippen MR) is 80.5 cm³/mol. The van der Waals surface area contributed by atoms with Crippen molar-refractivity contribution in [3.05, 3.63) is 36.5 Å². The summed E-state index contributed by atoms with van der Waals surface area (Å²) < 4.78 is 7.17. The number of morpholine rings is 1. The van der Waals surface area contributed by atoms with E-state index in [-0.39, 0.29) is 18.9 Å². The van der Waals surface area contributed by atoms with Gasteiger partial charge >= 0.3 is 5.97 Å². The van der Waals surface area contributed by atoms with Gasteiger partial charge in [0.05, 0.1) is 13.2 Å². The number of carboxylic acid groups (broad SMARTS) is 1. The average molecular weight is 302 g/mol. The molecule has 1 aromatic carbocycles. The number of carboxylic acids is 1. The van der Waals surface area contributed by atoms with Crippen LogP contribution in [0.2, 0.25) is 0 Å². The minimum absolute atomic E-state index is 0.0630. The fourth-order valence-electron chi connectivity index (χ4n) is 2.80. The standard InChI is InChI=1S/C16H18N2O4/c19-15(18-9-10-22-11-14(18)16(20)21)6-8-17-7-5-12-3-1-2-4-13(12)17/h1-5,7,14H,6,8-11H2,(H,20,21). The molecule has 1 aliphatic heterocycles. The van der Waals surface area contributed by atoms with E-state index < -0.39 is 12.0 Å². The van der Waals surface area contributed by atoms with Crippen LogP contribution >= 0.6 is 0 Å². The van der Waals surface area contributed by atoms with Crippen molar-refractivity contribution in [3.63, 3.8) is 0 Å². The zero-order valence-electron chi connectivity index (χ0n) is 12.1. The molecule has 0 aliphatic carbocycles. The van der Waals surface area contributed by atoms with Crippen LogP contribution in [0.4, 0.5) is 0 Å². The van der Waals surface area contributed by atoms with E-state index in [1.54, 1.807) is 0 Å². The Morgan fingerprint density at radius 1 is 1.27 bits per heavy atom. The molecule has 1 saturated heterocycles. The lowest BCUT2D eigenvalue weighted by atomic mass is 10.2. The predicted octanol–water partition coefficient (Wildman–Crippen LogP) is 1.34. The van der Waals surface area contributed by atoms with Crippen molar-refractivity contribution < 1.29 is 19.4 Å². The molecule has 6 nitrogen and oxygen atoms in total. The lowest BCUT2D eigenvalue weighted by molar-refractivity contribution is -0.158. The van der Waals surface area contributed by atoms with Gasteiger partial charge in [0.25, 0.3) is 0 Å². The number of hydrogen-bond donors (Lipinski definition) is 1. The Labute approximate surface area is 127 Å². The van der Waals surface area contributed by atoms with Gasteiger partial charge in [-0.05, 0) is 17.5 Å². The third-order valence-electron chi connectivity index (χ3n) is 3.98. The summed E-state index contributed by atoms with van der Waals surface area (Å²) >= 11 is 0. The van der Waals surface area contributed by atoms with E-state index in [2.05, 4.69) is 0 Å². The maximum atomic E-state index is 12.3. The molecule has 0 radical (unpaired) electrons. The molecule has 116 valence electrons. The number of carbonyl (C=O) groups is 2. The molecular formula is C16H18N2O4. The third kappa shape index (κ3) is 2.82. The molecule has 0 saturated carbocycles. The smallest absolute Gasteiger partial charge is 0.328 e. The Balaban J connectivity index is 1.67. The SMILES string of the molecule is O=C(O)C1COCCN1C(=O)CCn1ccc2ccccc21. The molecule has 2 heterocycles. The molecule has 1 amide bonds. The summed E-state index contributed by atoms with van der Waals surface area (Å²) in [5.74, 6) is -1.16. The first-order chi connectivity index (χ1) is 10.7. The van der Waals surface area contributed by atoms with Crippen LogP contribution in [0.1, 0.15) is 6.42 Å². The highest BCUT2D eigenvalue weighted by Crippen LogP contribution is 2.16. The number of benzene rings is 1. The van der Waals surface area contributed by atoms with Crippen LogP contribution in [0.3, 0.4) is 0 Å². The Bertz CT molecular complexity index is 694. The number of fused-ring (bicyclic) bond motifs is 1. The van der Waals surface area contributed by atoms with Crippen molar-refractivity contribution in [2.45, 2.75) is 19.0 Å². The van der Waals surface area contributed by atoms with Gasteiger partial charge in [-0.3, -0.25) is 4.79 Å². The molecule has 1 aliphatic rings. The first-order valence-electron chi connectivity index (χ1n) is 7.31. The molecule has 0 spiro atoms. The number of hydrogen-bond acceptors (Lipinski definition) is 3.